The minimum absolute atomic E-state index is 0.0479. The molecule has 0 radical (unpaired) electrons. The maximum atomic E-state index is 12.3. The normalized spacial score (nSPS) is 13.5. The van der Waals surface area contributed by atoms with Crippen molar-refractivity contribution >= 4 is 16.8 Å². The van der Waals surface area contributed by atoms with Crippen LogP contribution in [0.2, 0.25) is 0 Å². The van der Waals surface area contributed by atoms with Crippen LogP contribution in [0.1, 0.15) is 37.2 Å². The number of aromatic nitrogens is 2. The third-order valence-electron chi connectivity index (χ3n) is 4.75. The molecule has 7 heteroatoms. The molecule has 4 rings (SSSR count). The lowest BCUT2D eigenvalue weighted by atomic mass is 10.1. The third kappa shape index (κ3) is 3.83. The largest absolute Gasteiger partial charge is 0.454 e. The summed E-state index contributed by atoms with van der Waals surface area (Å²) in [7, 11) is 0. The summed E-state index contributed by atoms with van der Waals surface area (Å²) in [6.45, 7) is 2.15. The highest BCUT2D eigenvalue weighted by Crippen LogP contribution is 2.34. The number of carbonyl (C=O) groups is 1. The van der Waals surface area contributed by atoms with Gasteiger partial charge in [-0.3, -0.25) is 9.59 Å². The van der Waals surface area contributed by atoms with Crippen molar-refractivity contribution in [2.75, 3.05) is 6.79 Å². The molecule has 1 atom stereocenters. The number of carbonyl (C=O) groups excluding carboxylic acids is 1. The Bertz CT molecular complexity index is 1080. The number of hydrogen-bond donors (Lipinski definition) is 2. The minimum atomic E-state index is -0.151. The maximum absolute atomic E-state index is 12.3. The average molecular weight is 379 g/mol. The molecule has 2 heterocycles. The van der Waals surface area contributed by atoms with E-state index in [1.807, 2.05) is 43.3 Å². The number of aryl methyl sites for hydroxylation is 1. The summed E-state index contributed by atoms with van der Waals surface area (Å²) >= 11 is 0. The van der Waals surface area contributed by atoms with Gasteiger partial charge in [0.05, 0.1) is 16.9 Å². The first kappa shape index (κ1) is 18.0. The molecule has 0 unspecified atom stereocenters. The van der Waals surface area contributed by atoms with Gasteiger partial charge >= 0.3 is 0 Å². The Morgan fingerprint density at radius 1 is 1.21 bits per heavy atom. The first-order chi connectivity index (χ1) is 13.6. The van der Waals surface area contributed by atoms with Crippen LogP contribution in [0.4, 0.5) is 0 Å². The Balaban J connectivity index is 1.31. The van der Waals surface area contributed by atoms with Crippen LogP contribution < -0.4 is 20.3 Å². The molecule has 1 aliphatic rings. The van der Waals surface area contributed by atoms with Crippen LogP contribution in [0.25, 0.3) is 10.9 Å². The van der Waals surface area contributed by atoms with Crippen LogP contribution in [0, 0.1) is 0 Å². The SMILES string of the molecule is C[C@@H](NC(=O)CCCc1nc2ccccc2c(=O)[nH]1)c1ccc2c(c1)OCO2. The highest BCUT2D eigenvalue weighted by molar-refractivity contribution is 5.77. The number of ether oxygens (including phenoxy) is 2. The second-order valence-electron chi connectivity index (χ2n) is 6.79. The van der Waals surface area contributed by atoms with E-state index < -0.39 is 0 Å². The van der Waals surface area contributed by atoms with Gasteiger partial charge in [-0.2, -0.15) is 0 Å². The quantitative estimate of drug-likeness (QED) is 0.687. The lowest BCUT2D eigenvalue weighted by Gasteiger charge is -2.15. The van der Waals surface area contributed by atoms with Crippen molar-refractivity contribution in [3.63, 3.8) is 0 Å². The minimum Gasteiger partial charge on any atom is -0.454 e. The number of aromatic amines is 1. The topological polar surface area (TPSA) is 93.3 Å². The van der Waals surface area contributed by atoms with Gasteiger partial charge in [0.2, 0.25) is 12.7 Å². The summed E-state index contributed by atoms with van der Waals surface area (Å²) in [6, 6.07) is 12.7. The first-order valence-electron chi connectivity index (χ1n) is 9.27. The molecule has 1 aromatic heterocycles. The number of amides is 1. The smallest absolute Gasteiger partial charge is 0.258 e. The van der Waals surface area contributed by atoms with Gasteiger partial charge in [0.25, 0.3) is 5.56 Å². The van der Waals surface area contributed by atoms with Crippen LogP contribution in [0.3, 0.4) is 0 Å². The standard InChI is InChI=1S/C21H21N3O4/c1-13(14-9-10-17-18(11-14)28-12-27-17)22-20(25)8-4-7-19-23-16-6-3-2-5-15(16)21(26)24-19/h2-3,5-6,9-11,13H,4,7-8,12H2,1H3,(H,22,25)(H,23,24,26)/t13-/m1/s1. The Morgan fingerprint density at radius 2 is 2.04 bits per heavy atom. The Hall–Kier alpha value is -3.35. The second-order valence-corrected chi connectivity index (χ2v) is 6.79. The van der Waals surface area contributed by atoms with Crippen LogP contribution in [-0.4, -0.2) is 22.7 Å². The summed E-state index contributed by atoms with van der Waals surface area (Å²) in [4.78, 5) is 31.6. The number of benzene rings is 2. The molecule has 0 aliphatic carbocycles. The Morgan fingerprint density at radius 3 is 2.93 bits per heavy atom. The van der Waals surface area contributed by atoms with Crippen LogP contribution >= 0.6 is 0 Å². The molecule has 28 heavy (non-hydrogen) atoms. The predicted octanol–water partition coefficient (Wildman–Crippen LogP) is 2.85. The zero-order chi connectivity index (χ0) is 19.5. The van der Waals surface area contributed by atoms with Crippen molar-refractivity contribution in [2.24, 2.45) is 0 Å². The fraction of sp³-hybridized carbons (Fsp3) is 0.286. The molecule has 0 saturated carbocycles. The molecule has 2 N–H and O–H groups in total. The number of nitrogens with one attached hydrogen (secondary N) is 2. The molecule has 7 nitrogen and oxygen atoms in total. The summed E-state index contributed by atoms with van der Waals surface area (Å²) < 4.78 is 10.7. The van der Waals surface area contributed by atoms with Gasteiger partial charge in [-0.05, 0) is 43.2 Å². The average Bonchev–Trinajstić information content (AvgIpc) is 3.16. The van der Waals surface area contributed by atoms with Gasteiger partial charge < -0.3 is 19.8 Å². The summed E-state index contributed by atoms with van der Waals surface area (Å²) in [6.07, 6.45) is 1.48. The van der Waals surface area contributed by atoms with E-state index in [4.69, 9.17) is 9.47 Å². The summed E-state index contributed by atoms with van der Waals surface area (Å²) in [5.41, 5.74) is 1.47. The van der Waals surface area contributed by atoms with E-state index in [1.165, 1.54) is 0 Å². The highest BCUT2D eigenvalue weighted by atomic mass is 16.7. The summed E-state index contributed by atoms with van der Waals surface area (Å²) in [5.74, 6) is 1.97. The highest BCUT2D eigenvalue weighted by Gasteiger charge is 2.16. The molecule has 0 bridgehead atoms. The molecule has 1 aliphatic heterocycles. The molecule has 0 spiro atoms. The number of hydrogen-bond acceptors (Lipinski definition) is 5. The lowest BCUT2D eigenvalue weighted by molar-refractivity contribution is -0.121. The van der Waals surface area contributed by atoms with E-state index in [0.29, 0.717) is 41.7 Å². The Kier molecular flexibility index (Phi) is 4.97. The zero-order valence-corrected chi connectivity index (χ0v) is 15.5. The lowest BCUT2D eigenvalue weighted by Crippen LogP contribution is -2.26. The van der Waals surface area contributed by atoms with Gasteiger partial charge in [-0.1, -0.05) is 18.2 Å². The fourth-order valence-corrected chi connectivity index (χ4v) is 3.25. The molecular weight excluding hydrogens is 358 g/mol. The van der Waals surface area contributed by atoms with E-state index in [2.05, 4.69) is 15.3 Å². The number of rotatable bonds is 6. The van der Waals surface area contributed by atoms with Crippen LogP contribution in [0.15, 0.2) is 47.3 Å². The number of H-pyrrole nitrogens is 1. The van der Waals surface area contributed by atoms with Crippen molar-refractivity contribution in [1.82, 2.24) is 15.3 Å². The molecule has 3 aromatic rings. The third-order valence-corrected chi connectivity index (χ3v) is 4.75. The molecule has 144 valence electrons. The van der Waals surface area contributed by atoms with E-state index in [9.17, 15) is 9.59 Å². The van der Waals surface area contributed by atoms with E-state index in [0.717, 1.165) is 11.3 Å². The monoisotopic (exact) mass is 379 g/mol. The second kappa shape index (κ2) is 7.72. The molecule has 0 fully saturated rings. The molecule has 0 saturated heterocycles. The van der Waals surface area contributed by atoms with Gasteiger partial charge in [0.15, 0.2) is 11.5 Å². The van der Waals surface area contributed by atoms with Crippen molar-refractivity contribution in [3.8, 4) is 11.5 Å². The van der Waals surface area contributed by atoms with E-state index in [1.54, 1.807) is 6.07 Å². The number of fused-ring (bicyclic) bond motifs is 2. The van der Waals surface area contributed by atoms with E-state index >= 15 is 0 Å². The van der Waals surface area contributed by atoms with Crippen molar-refractivity contribution < 1.29 is 14.3 Å². The maximum Gasteiger partial charge on any atom is 0.258 e. The first-order valence-corrected chi connectivity index (χ1v) is 9.27. The molecule has 2 aromatic carbocycles. The van der Waals surface area contributed by atoms with Gasteiger partial charge in [-0.25, -0.2) is 4.98 Å². The van der Waals surface area contributed by atoms with Gasteiger partial charge in [-0.15, -0.1) is 0 Å². The van der Waals surface area contributed by atoms with Crippen molar-refractivity contribution in [2.45, 2.75) is 32.2 Å². The Labute approximate surface area is 161 Å². The van der Waals surface area contributed by atoms with Gasteiger partial charge in [0.1, 0.15) is 5.82 Å². The van der Waals surface area contributed by atoms with E-state index in [-0.39, 0.29) is 24.3 Å². The van der Waals surface area contributed by atoms with Crippen LogP contribution in [-0.2, 0) is 11.2 Å². The zero-order valence-electron chi connectivity index (χ0n) is 15.5. The molecule has 1 amide bonds. The number of nitrogens with zero attached hydrogens (tertiary/aromatic N) is 1. The van der Waals surface area contributed by atoms with Crippen LogP contribution in [0.5, 0.6) is 11.5 Å². The van der Waals surface area contributed by atoms with Crippen molar-refractivity contribution in [3.05, 3.63) is 64.2 Å². The predicted molar refractivity (Wildman–Crippen MR) is 104 cm³/mol. The van der Waals surface area contributed by atoms with Gasteiger partial charge in [0, 0.05) is 12.8 Å². The summed E-state index contributed by atoms with van der Waals surface area (Å²) in [5, 5.41) is 3.56. The number of para-hydroxylation sites is 1. The molecular formula is C21H21N3O4. The van der Waals surface area contributed by atoms with Crippen molar-refractivity contribution in [1.29, 1.82) is 0 Å². The fourth-order valence-electron chi connectivity index (χ4n) is 3.25.